The van der Waals surface area contributed by atoms with E-state index in [1.807, 2.05) is 0 Å². The van der Waals surface area contributed by atoms with Gasteiger partial charge in [0.2, 0.25) is 0 Å². The van der Waals surface area contributed by atoms with Gasteiger partial charge in [0, 0.05) is 19.2 Å². The Balaban J connectivity index is 1.57. The molecule has 1 spiro atoms. The molecule has 1 N–H and O–H groups in total. The molecule has 0 bridgehead atoms. The van der Waals surface area contributed by atoms with E-state index in [1.54, 1.807) is 6.07 Å². The minimum atomic E-state index is -0.392. The van der Waals surface area contributed by atoms with Gasteiger partial charge in [0.1, 0.15) is 5.69 Å². The van der Waals surface area contributed by atoms with Crippen molar-refractivity contribution in [2.24, 2.45) is 22.7 Å². The van der Waals surface area contributed by atoms with Gasteiger partial charge in [0.15, 0.2) is 0 Å². The molecule has 1 aromatic carbocycles. The monoisotopic (exact) mass is 383 g/mol. The Morgan fingerprint density at radius 1 is 1.32 bits per heavy atom. The van der Waals surface area contributed by atoms with Gasteiger partial charge in [-0.15, -0.1) is 0 Å². The van der Waals surface area contributed by atoms with Crippen LogP contribution in [0.3, 0.4) is 0 Å². The molecule has 0 aromatic heterocycles. The van der Waals surface area contributed by atoms with Gasteiger partial charge < -0.3 is 10.1 Å². The third-order valence-electron chi connectivity index (χ3n) is 6.91. The van der Waals surface area contributed by atoms with E-state index < -0.39 is 4.92 Å². The Morgan fingerprint density at radius 2 is 2.11 bits per heavy atom. The fourth-order valence-corrected chi connectivity index (χ4v) is 6.31. The lowest BCUT2D eigenvalue weighted by Crippen LogP contribution is -2.53. The Hall–Kier alpha value is -2.13. The molecule has 1 heterocycles. The van der Waals surface area contributed by atoms with Crippen molar-refractivity contribution in [2.75, 3.05) is 18.5 Å². The zero-order valence-electron chi connectivity index (χ0n) is 17.0. The van der Waals surface area contributed by atoms with E-state index in [-0.39, 0.29) is 22.1 Å². The van der Waals surface area contributed by atoms with E-state index in [2.05, 4.69) is 32.2 Å². The molecule has 6 heteroatoms. The van der Waals surface area contributed by atoms with Gasteiger partial charge in [-0.1, -0.05) is 20.8 Å². The minimum Gasteiger partial charge on any atom is -0.379 e. The maximum atomic E-state index is 11.4. The molecule has 1 aliphatic heterocycles. The second-order valence-electron chi connectivity index (χ2n) is 10.3. The van der Waals surface area contributed by atoms with Gasteiger partial charge in [-0.3, -0.25) is 10.1 Å². The van der Waals surface area contributed by atoms with Crippen molar-refractivity contribution in [3.05, 3.63) is 33.9 Å². The summed E-state index contributed by atoms with van der Waals surface area (Å²) in [6.45, 7) is 8.41. The highest BCUT2D eigenvalue weighted by Crippen LogP contribution is 2.63. The van der Waals surface area contributed by atoms with Crippen LogP contribution in [-0.2, 0) is 4.74 Å². The van der Waals surface area contributed by atoms with Crippen LogP contribution in [0.2, 0.25) is 0 Å². The van der Waals surface area contributed by atoms with Crippen LogP contribution in [0, 0.1) is 44.1 Å². The van der Waals surface area contributed by atoms with Gasteiger partial charge in [-0.25, -0.2) is 0 Å². The zero-order valence-corrected chi connectivity index (χ0v) is 17.0. The van der Waals surface area contributed by atoms with Crippen molar-refractivity contribution in [1.29, 1.82) is 5.26 Å². The molecule has 4 rings (SSSR count). The lowest BCUT2D eigenvalue weighted by atomic mass is 9.57. The number of nitro benzene ring substituents is 1. The fourth-order valence-electron chi connectivity index (χ4n) is 6.31. The van der Waals surface area contributed by atoms with Gasteiger partial charge in [-0.05, 0) is 66.9 Å². The first-order valence-electron chi connectivity index (χ1n) is 10.2. The number of anilines is 1. The molecule has 2 saturated carbocycles. The van der Waals surface area contributed by atoms with E-state index in [9.17, 15) is 10.1 Å². The summed E-state index contributed by atoms with van der Waals surface area (Å²) in [7, 11) is 0. The van der Waals surface area contributed by atoms with Gasteiger partial charge >= 0.3 is 0 Å². The zero-order chi connectivity index (χ0) is 20.2. The van der Waals surface area contributed by atoms with Crippen molar-refractivity contribution in [2.45, 2.75) is 58.5 Å². The highest BCUT2D eigenvalue weighted by atomic mass is 16.6. The number of hydrogen-bond donors (Lipinski definition) is 1. The molecule has 0 amide bonds. The minimum absolute atomic E-state index is 0.0172. The molecule has 1 saturated heterocycles. The second kappa shape index (κ2) is 6.45. The molecule has 28 heavy (non-hydrogen) atoms. The molecule has 6 nitrogen and oxygen atoms in total. The molecular weight excluding hydrogens is 354 g/mol. The average Bonchev–Trinajstić information content (AvgIpc) is 3.39. The van der Waals surface area contributed by atoms with Crippen LogP contribution < -0.4 is 5.32 Å². The molecule has 0 radical (unpaired) electrons. The second-order valence-corrected chi connectivity index (χ2v) is 10.3. The van der Waals surface area contributed by atoms with Crippen LogP contribution in [-0.4, -0.2) is 23.7 Å². The molecule has 2 aliphatic carbocycles. The summed E-state index contributed by atoms with van der Waals surface area (Å²) in [6.07, 6.45) is 5.61. The number of nitro groups is 1. The Labute approximate surface area is 166 Å². The smallest absolute Gasteiger partial charge is 0.292 e. The van der Waals surface area contributed by atoms with Crippen molar-refractivity contribution in [1.82, 2.24) is 0 Å². The van der Waals surface area contributed by atoms with Crippen molar-refractivity contribution in [3.63, 3.8) is 0 Å². The highest BCUT2D eigenvalue weighted by molar-refractivity contribution is 5.64. The van der Waals surface area contributed by atoms with Gasteiger partial charge in [-0.2, -0.15) is 5.26 Å². The number of nitrogens with zero attached hydrogens (tertiary/aromatic N) is 2. The summed E-state index contributed by atoms with van der Waals surface area (Å²) in [5.41, 5.74) is 0.972. The van der Waals surface area contributed by atoms with Crippen molar-refractivity contribution in [3.8, 4) is 6.07 Å². The molecule has 4 unspecified atom stereocenters. The van der Waals surface area contributed by atoms with Crippen LogP contribution >= 0.6 is 0 Å². The fraction of sp³-hybridized carbons (Fsp3) is 0.682. The van der Waals surface area contributed by atoms with Crippen LogP contribution in [0.15, 0.2) is 18.2 Å². The number of nitrogens with one attached hydrogen (secondary N) is 1. The lowest BCUT2D eigenvalue weighted by molar-refractivity contribution is -0.384. The first kappa shape index (κ1) is 19.2. The molecule has 1 aromatic rings. The van der Waals surface area contributed by atoms with E-state index in [0.717, 1.165) is 31.8 Å². The maximum absolute atomic E-state index is 11.4. The van der Waals surface area contributed by atoms with Gasteiger partial charge in [0.05, 0.1) is 22.2 Å². The summed E-state index contributed by atoms with van der Waals surface area (Å²) in [4.78, 5) is 11.0. The summed E-state index contributed by atoms with van der Waals surface area (Å²) >= 11 is 0. The van der Waals surface area contributed by atoms with Crippen LogP contribution in [0.25, 0.3) is 0 Å². The number of hydrogen-bond acceptors (Lipinski definition) is 5. The van der Waals surface area contributed by atoms with Gasteiger partial charge in [0.25, 0.3) is 5.69 Å². The molecule has 3 aliphatic rings. The standard InChI is InChI=1S/C22H29N3O3/c1-20(2)11-21(3,13-22(12-20)17-9-16(17)6-7-28-22)14-24-18-8-15(10-23)4-5-19(18)25(26)27/h4-5,8,16-17,24H,6-7,9,11-14H2,1-3H3. The Morgan fingerprint density at radius 3 is 2.82 bits per heavy atom. The maximum Gasteiger partial charge on any atom is 0.292 e. The first-order valence-corrected chi connectivity index (χ1v) is 10.2. The lowest BCUT2D eigenvalue weighted by Gasteiger charge is -2.54. The predicted molar refractivity (Wildman–Crippen MR) is 107 cm³/mol. The van der Waals surface area contributed by atoms with Crippen LogP contribution in [0.5, 0.6) is 0 Å². The van der Waals surface area contributed by atoms with Crippen LogP contribution in [0.4, 0.5) is 11.4 Å². The first-order chi connectivity index (χ1) is 13.2. The summed E-state index contributed by atoms with van der Waals surface area (Å²) in [6, 6.07) is 6.56. The van der Waals surface area contributed by atoms with Crippen molar-refractivity contribution >= 4 is 11.4 Å². The normalized spacial score (nSPS) is 35.6. The quantitative estimate of drug-likeness (QED) is 0.591. The Bertz CT molecular complexity index is 846. The number of benzene rings is 1. The third-order valence-corrected chi connectivity index (χ3v) is 6.91. The molecular formula is C22H29N3O3. The van der Waals surface area contributed by atoms with E-state index in [0.29, 0.717) is 23.7 Å². The predicted octanol–water partition coefficient (Wildman–Crippen LogP) is 4.89. The third kappa shape index (κ3) is 3.48. The topological polar surface area (TPSA) is 88.2 Å². The number of nitriles is 1. The SMILES string of the molecule is CC1(C)CC(C)(CNc2cc(C#N)ccc2[N+](=O)[O-])CC2(C1)OCCC1CC12. The summed E-state index contributed by atoms with van der Waals surface area (Å²) < 4.78 is 6.46. The molecule has 3 fully saturated rings. The Kier molecular flexibility index (Phi) is 4.42. The largest absolute Gasteiger partial charge is 0.379 e. The molecule has 4 atom stereocenters. The van der Waals surface area contributed by atoms with E-state index in [4.69, 9.17) is 10.00 Å². The van der Waals surface area contributed by atoms with E-state index in [1.165, 1.54) is 25.0 Å². The molecule has 150 valence electrons. The highest BCUT2D eigenvalue weighted by Gasteiger charge is 2.61. The summed E-state index contributed by atoms with van der Waals surface area (Å²) in [5.74, 6) is 1.50. The van der Waals surface area contributed by atoms with Crippen molar-refractivity contribution < 1.29 is 9.66 Å². The number of fused-ring (bicyclic) bond motifs is 2. The number of ether oxygens (including phenoxy) is 1. The van der Waals surface area contributed by atoms with Crippen LogP contribution in [0.1, 0.15) is 58.4 Å². The summed E-state index contributed by atoms with van der Waals surface area (Å²) in [5, 5.41) is 23.9. The van der Waals surface area contributed by atoms with E-state index >= 15 is 0 Å². The average molecular weight is 383 g/mol. The number of rotatable bonds is 4.